The second-order valence-corrected chi connectivity index (χ2v) is 4.86. The van der Waals surface area contributed by atoms with Gasteiger partial charge in [0, 0.05) is 0 Å². The van der Waals surface area contributed by atoms with Crippen LogP contribution in [-0.4, -0.2) is 13.2 Å². The normalized spacial score (nSPS) is 14.5. The summed E-state index contributed by atoms with van der Waals surface area (Å²) < 4.78 is 22.7. The van der Waals surface area contributed by atoms with Crippen LogP contribution in [-0.2, 0) is 13.6 Å². The van der Waals surface area contributed by atoms with Crippen LogP contribution in [0.1, 0.15) is 6.92 Å². The highest BCUT2D eigenvalue weighted by molar-refractivity contribution is 7.62. The third kappa shape index (κ3) is 3.31. The van der Waals surface area contributed by atoms with Crippen LogP contribution in [0, 0.1) is 0 Å². The number of rotatable bonds is 6. The maximum absolute atomic E-state index is 12.3. The van der Waals surface area contributed by atoms with Crippen molar-refractivity contribution in [1.82, 2.24) is 0 Å². The van der Waals surface area contributed by atoms with E-state index in [1.54, 1.807) is 37.3 Å². The predicted octanol–water partition coefficient (Wildman–Crippen LogP) is 2.74. The van der Waals surface area contributed by atoms with E-state index in [0.29, 0.717) is 11.9 Å². The molecule has 0 aliphatic carbocycles. The summed E-state index contributed by atoms with van der Waals surface area (Å²) >= 11 is 0. The molecule has 0 bridgehead atoms. The van der Waals surface area contributed by atoms with Gasteiger partial charge in [0.1, 0.15) is 0 Å². The Hall–Kier alpha value is -0.890. The maximum atomic E-state index is 12.3. The van der Waals surface area contributed by atoms with Crippen molar-refractivity contribution in [3.05, 3.63) is 43.0 Å². The largest absolute Gasteiger partial charge is 0.361 e. The smallest absolute Gasteiger partial charge is 0.305 e. The zero-order chi connectivity index (χ0) is 11.1. The van der Waals surface area contributed by atoms with Crippen molar-refractivity contribution in [2.24, 2.45) is 0 Å². The lowest BCUT2D eigenvalue weighted by Gasteiger charge is -2.16. The highest BCUT2D eigenvalue weighted by Gasteiger charge is 2.25. The summed E-state index contributed by atoms with van der Waals surface area (Å²) in [5.74, 6) is 0. The first-order chi connectivity index (χ1) is 7.23. The minimum absolute atomic E-state index is 0.214. The Morgan fingerprint density at radius 2 is 2.00 bits per heavy atom. The molecule has 1 aromatic carbocycles. The van der Waals surface area contributed by atoms with Crippen LogP contribution < -0.4 is 5.30 Å². The van der Waals surface area contributed by atoms with E-state index in [0.717, 1.165) is 0 Å². The Kier molecular flexibility index (Phi) is 4.76. The van der Waals surface area contributed by atoms with Gasteiger partial charge in [0.2, 0.25) is 0 Å². The summed E-state index contributed by atoms with van der Waals surface area (Å²) in [6.07, 6.45) is 1.55. The minimum atomic E-state index is -3.16. The predicted molar refractivity (Wildman–Crippen MR) is 61.5 cm³/mol. The van der Waals surface area contributed by atoms with E-state index in [1.165, 1.54) is 0 Å². The third-order valence-electron chi connectivity index (χ3n) is 1.73. The van der Waals surface area contributed by atoms with Crippen LogP contribution in [0.4, 0.5) is 0 Å². The molecule has 0 spiro atoms. The maximum Gasteiger partial charge on any atom is 0.361 e. The fourth-order valence-corrected chi connectivity index (χ4v) is 2.67. The monoisotopic (exact) mass is 226 g/mol. The van der Waals surface area contributed by atoms with Crippen LogP contribution >= 0.6 is 7.60 Å². The summed E-state index contributed by atoms with van der Waals surface area (Å²) in [7, 11) is -3.16. The van der Waals surface area contributed by atoms with E-state index in [4.69, 9.17) is 9.05 Å². The molecule has 0 saturated heterocycles. The van der Waals surface area contributed by atoms with E-state index in [-0.39, 0.29) is 6.61 Å². The molecule has 15 heavy (non-hydrogen) atoms. The average molecular weight is 226 g/mol. The summed E-state index contributed by atoms with van der Waals surface area (Å²) in [5, 5.41) is 0.578. The first kappa shape index (κ1) is 12.2. The van der Waals surface area contributed by atoms with Gasteiger partial charge in [-0.15, -0.1) is 6.58 Å². The second-order valence-electron chi connectivity index (χ2n) is 2.84. The quantitative estimate of drug-likeness (QED) is 0.552. The van der Waals surface area contributed by atoms with Gasteiger partial charge in [0.25, 0.3) is 0 Å². The Morgan fingerprint density at radius 1 is 1.33 bits per heavy atom. The second kappa shape index (κ2) is 5.86. The van der Waals surface area contributed by atoms with Gasteiger partial charge in [0.05, 0.1) is 18.5 Å². The molecular weight excluding hydrogens is 211 g/mol. The molecule has 1 atom stereocenters. The summed E-state index contributed by atoms with van der Waals surface area (Å²) in [4.78, 5) is 0. The van der Waals surface area contributed by atoms with Crippen molar-refractivity contribution in [2.75, 3.05) is 13.2 Å². The van der Waals surface area contributed by atoms with Gasteiger partial charge in [-0.25, -0.2) is 0 Å². The highest BCUT2D eigenvalue weighted by atomic mass is 31.2. The van der Waals surface area contributed by atoms with Gasteiger partial charge < -0.3 is 9.05 Å². The van der Waals surface area contributed by atoms with Crippen molar-refractivity contribution in [3.63, 3.8) is 0 Å². The fourth-order valence-electron chi connectivity index (χ4n) is 1.12. The molecule has 1 unspecified atom stereocenters. The third-order valence-corrected chi connectivity index (χ3v) is 3.75. The molecule has 1 aromatic rings. The molecule has 0 aliphatic rings. The Balaban J connectivity index is 2.90. The molecule has 82 valence electrons. The van der Waals surface area contributed by atoms with Gasteiger partial charge in [0.15, 0.2) is 0 Å². The van der Waals surface area contributed by atoms with Crippen LogP contribution in [0.15, 0.2) is 43.0 Å². The van der Waals surface area contributed by atoms with E-state index in [9.17, 15) is 4.57 Å². The minimum Gasteiger partial charge on any atom is -0.305 e. The van der Waals surface area contributed by atoms with Crippen LogP contribution in [0.25, 0.3) is 0 Å². The lowest BCUT2D eigenvalue weighted by atomic mass is 10.4. The fraction of sp³-hybridized carbons (Fsp3) is 0.273. The molecule has 0 fully saturated rings. The van der Waals surface area contributed by atoms with Crippen LogP contribution in [0.5, 0.6) is 0 Å². The van der Waals surface area contributed by atoms with Gasteiger partial charge >= 0.3 is 7.60 Å². The topological polar surface area (TPSA) is 35.5 Å². The molecule has 0 aliphatic heterocycles. The first-order valence-corrected chi connectivity index (χ1v) is 6.33. The van der Waals surface area contributed by atoms with E-state index in [2.05, 4.69) is 6.58 Å². The average Bonchev–Trinajstić information content (AvgIpc) is 2.28. The van der Waals surface area contributed by atoms with Crippen LogP contribution in [0.2, 0.25) is 0 Å². The van der Waals surface area contributed by atoms with Gasteiger partial charge in [-0.1, -0.05) is 24.3 Å². The summed E-state index contributed by atoms with van der Waals surface area (Å²) in [6, 6.07) is 8.93. The Labute approximate surface area is 90.3 Å². The van der Waals surface area contributed by atoms with Crippen molar-refractivity contribution >= 4 is 12.9 Å². The first-order valence-electron chi connectivity index (χ1n) is 4.78. The molecule has 0 saturated carbocycles. The Bertz CT molecular complexity index is 348. The molecule has 4 heteroatoms. The van der Waals surface area contributed by atoms with Crippen LogP contribution in [0.3, 0.4) is 0 Å². The molecule has 1 rings (SSSR count). The molecule has 0 amide bonds. The van der Waals surface area contributed by atoms with Crippen molar-refractivity contribution < 1.29 is 13.6 Å². The lowest BCUT2D eigenvalue weighted by molar-refractivity contribution is 0.238. The Morgan fingerprint density at radius 3 is 2.53 bits per heavy atom. The number of benzene rings is 1. The zero-order valence-electron chi connectivity index (χ0n) is 8.76. The summed E-state index contributed by atoms with van der Waals surface area (Å²) in [6.45, 7) is 5.87. The standard InChI is InChI=1S/C11H15O3P/c1-3-10-14-15(12,13-4-2)11-8-6-5-7-9-11/h3,5-9H,1,4,10H2,2H3. The number of hydrogen-bond acceptors (Lipinski definition) is 3. The highest BCUT2D eigenvalue weighted by Crippen LogP contribution is 2.46. The molecule has 0 N–H and O–H groups in total. The van der Waals surface area contributed by atoms with Gasteiger partial charge in [-0.3, -0.25) is 4.57 Å². The molecular formula is C11H15O3P. The van der Waals surface area contributed by atoms with E-state index < -0.39 is 7.60 Å². The van der Waals surface area contributed by atoms with Gasteiger partial charge in [-0.2, -0.15) is 0 Å². The van der Waals surface area contributed by atoms with Crippen molar-refractivity contribution in [2.45, 2.75) is 6.92 Å². The van der Waals surface area contributed by atoms with E-state index in [1.807, 2.05) is 6.07 Å². The molecule has 3 nitrogen and oxygen atoms in total. The number of hydrogen-bond donors (Lipinski definition) is 0. The SMILES string of the molecule is C=CCOP(=O)(OCC)c1ccccc1. The molecule has 0 heterocycles. The van der Waals surface area contributed by atoms with Gasteiger partial charge in [-0.05, 0) is 19.1 Å². The van der Waals surface area contributed by atoms with Crippen molar-refractivity contribution in [1.29, 1.82) is 0 Å². The lowest BCUT2D eigenvalue weighted by Crippen LogP contribution is -2.10. The van der Waals surface area contributed by atoms with E-state index >= 15 is 0 Å². The zero-order valence-corrected chi connectivity index (χ0v) is 9.65. The molecule has 0 radical (unpaired) electrons. The van der Waals surface area contributed by atoms with Crippen molar-refractivity contribution in [3.8, 4) is 0 Å². The molecule has 0 aromatic heterocycles. The summed E-state index contributed by atoms with van der Waals surface area (Å²) in [5.41, 5.74) is 0.